The van der Waals surface area contributed by atoms with Crippen LogP contribution in [0.5, 0.6) is 0 Å². The molecule has 0 aliphatic carbocycles. The van der Waals surface area contributed by atoms with Gasteiger partial charge in [-0.25, -0.2) is 0 Å². The van der Waals surface area contributed by atoms with Crippen molar-refractivity contribution < 1.29 is 13.2 Å². The molecule has 0 radical (unpaired) electrons. The number of anilines is 1. The van der Waals surface area contributed by atoms with Crippen molar-refractivity contribution in [2.45, 2.75) is 12.7 Å². The maximum atomic E-state index is 12.3. The predicted molar refractivity (Wildman–Crippen MR) is 62.3 cm³/mol. The summed E-state index contributed by atoms with van der Waals surface area (Å²) in [5.41, 5.74) is -0.0577. The van der Waals surface area contributed by atoms with Crippen molar-refractivity contribution in [3.63, 3.8) is 0 Å². The van der Waals surface area contributed by atoms with Crippen LogP contribution < -0.4 is 4.90 Å². The average Bonchev–Trinajstić information content (AvgIpc) is 2.74. The molecule has 0 N–H and O–H groups in total. The highest BCUT2D eigenvalue weighted by Crippen LogP contribution is 2.27. The van der Waals surface area contributed by atoms with Gasteiger partial charge in [0.2, 0.25) is 0 Å². The summed E-state index contributed by atoms with van der Waals surface area (Å²) in [5.74, 6) is 0.372. The first-order valence-corrected chi connectivity index (χ1v) is 5.46. The minimum atomic E-state index is -4.46. The fourth-order valence-electron chi connectivity index (χ4n) is 1.59. The summed E-state index contributed by atoms with van der Waals surface area (Å²) < 4.78 is 38.7. The second kappa shape index (κ2) is 4.87. The van der Waals surface area contributed by atoms with Crippen LogP contribution >= 0.6 is 0 Å². The van der Waals surface area contributed by atoms with E-state index in [0.29, 0.717) is 12.4 Å². The number of alkyl halides is 3. The molecule has 2 heterocycles. The molecule has 0 aromatic carbocycles. The summed E-state index contributed by atoms with van der Waals surface area (Å²) in [6.45, 7) is 0.494. The first kappa shape index (κ1) is 13.3. The summed E-state index contributed by atoms with van der Waals surface area (Å²) in [7, 11) is 3.52. The van der Waals surface area contributed by atoms with Crippen molar-refractivity contribution >= 4 is 5.82 Å². The van der Waals surface area contributed by atoms with Gasteiger partial charge < -0.3 is 4.90 Å². The minimum absolute atomic E-state index is 0.372. The fourth-order valence-corrected chi connectivity index (χ4v) is 1.59. The standard InChI is InChI=1S/C11H12F3N5/c1-18(6-8-5-15-19(2)7-8)10-4-3-9(16-17-10)11(12,13)14/h3-5,7H,6H2,1-2H3. The third kappa shape index (κ3) is 3.21. The molecule has 102 valence electrons. The lowest BCUT2D eigenvalue weighted by molar-refractivity contribution is -0.141. The summed E-state index contributed by atoms with van der Waals surface area (Å²) in [6, 6.07) is 2.22. The third-order valence-electron chi connectivity index (χ3n) is 2.51. The van der Waals surface area contributed by atoms with Gasteiger partial charge >= 0.3 is 6.18 Å². The van der Waals surface area contributed by atoms with Crippen LogP contribution in [-0.4, -0.2) is 27.0 Å². The molecule has 2 aromatic rings. The molecule has 0 unspecified atom stereocenters. The van der Waals surface area contributed by atoms with E-state index in [9.17, 15) is 13.2 Å². The van der Waals surface area contributed by atoms with Crippen molar-refractivity contribution in [2.75, 3.05) is 11.9 Å². The highest BCUT2D eigenvalue weighted by atomic mass is 19.4. The quantitative estimate of drug-likeness (QED) is 0.855. The van der Waals surface area contributed by atoms with Gasteiger partial charge in [0.25, 0.3) is 0 Å². The molecule has 19 heavy (non-hydrogen) atoms. The Morgan fingerprint density at radius 3 is 2.47 bits per heavy atom. The Bertz CT molecular complexity index is 546. The van der Waals surface area contributed by atoms with E-state index >= 15 is 0 Å². The van der Waals surface area contributed by atoms with Crippen LogP contribution in [0, 0.1) is 0 Å². The molecular weight excluding hydrogens is 259 g/mol. The van der Waals surface area contributed by atoms with Gasteiger partial charge in [-0.3, -0.25) is 4.68 Å². The highest BCUT2D eigenvalue weighted by Gasteiger charge is 2.32. The van der Waals surface area contributed by atoms with E-state index < -0.39 is 11.9 Å². The Kier molecular flexibility index (Phi) is 3.41. The van der Waals surface area contributed by atoms with Gasteiger partial charge in [-0.05, 0) is 12.1 Å². The van der Waals surface area contributed by atoms with Gasteiger partial charge in [0, 0.05) is 32.4 Å². The Balaban J connectivity index is 2.09. The number of nitrogens with zero attached hydrogens (tertiary/aromatic N) is 5. The molecule has 0 saturated heterocycles. The maximum Gasteiger partial charge on any atom is 0.435 e. The Morgan fingerprint density at radius 2 is 2.00 bits per heavy atom. The number of hydrogen-bond donors (Lipinski definition) is 0. The zero-order chi connectivity index (χ0) is 14.0. The molecule has 2 rings (SSSR count). The molecule has 0 fully saturated rings. The monoisotopic (exact) mass is 271 g/mol. The lowest BCUT2D eigenvalue weighted by Gasteiger charge is -2.16. The number of hydrogen-bond acceptors (Lipinski definition) is 4. The van der Waals surface area contributed by atoms with Gasteiger partial charge in [0.05, 0.1) is 6.20 Å². The topological polar surface area (TPSA) is 46.8 Å². The number of halogens is 3. The molecule has 2 aromatic heterocycles. The SMILES string of the molecule is CN(Cc1cnn(C)c1)c1ccc(C(F)(F)F)nn1. The van der Waals surface area contributed by atoms with Crippen LogP contribution in [0.25, 0.3) is 0 Å². The zero-order valence-electron chi connectivity index (χ0n) is 10.4. The summed E-state index contributed by atoms with van der Waals surface area (Å²) >= 11 is 0. The number of rotatable bonds is 3. The molecule has 8 heteroatoms. The molecule has 0 spiro atoms. The van der Waals surface area contributed by atoms with Crippen LogP contribution in [0.2, 0.25) is 0 Å². The van der Waals surface area contributed by atoms with Crippen LogP contribution in [0.15, 0.2) is 24.5 Å². The molecule has 0 aliphatic rings. The molecule has 0 saturated carbocycles. The van der Waals surface area contributed by atoms with Crippen LogP contribution in [0.3, 0.4) is 0 Å². The lowest BCUT2D eigenvalue weighted by atomic mass is 10.3. The first-order chi connectivity index (χ1) is 8.86. The van der Waals surface area contributed by atoms with E-state index in [4.69, 9.17) is 0 Å². The van der Waals surface area contributed by atoms with E-state index in [-0.39, 0.29) is 0 Å². The van der Waals surface area contributed by atoms with E-state index in [0.717, 1.165) is 11.6 Å². The van der Waals surface area contributed by atoms with Crippen molar-refractivity contribution in [3.05, 3.63) is 35.8 Å². The van der Waals surface area contributed by atoms with Crippen molar-refractivity contribution in [3.8, 4) is 0 Å². The Labute approximate surface area is 107 Å². The van der Waals surface area contributed by atoms with E-state index in [1.807, 2.05) is 6.20 Å². The van der Waals surface area contributed by atoms with Gasteiger partial charge in [-0.2, -0.15) is 18.3 Å². The van der Waals surface area contributed by atoms with Crippen molar-refractivity contribution in [2.24, 2.45) is 7.05 Å². The fraction of sp³-hybridized carbons (Fsp3) is 0.364. The predicted octanol–water partition coefficient (Wildman–Crippen LogP) is 1.87. The largest absolute Gasteiger partial charge is 0.435 e. The Morgan fingerprint density at radius 1 is 1.26 bits per heavy atom. The minimum Gasteiger partial charge on any atom is -0.354 e. The lowest BCUT2D eigenvalue weighted by Crippen LogP contribution is -2.19. The van der Waals surface area contributed by atoms with Gasteiger partial charge in [0.15, 0.2) is 11.5 Å². The van der Waals surface area contributed by atoms with E-state index in [1.54, 1.807) is 29.9 Å². The van der Waals surface area contributed by atoms with Gasteiger partial charge in [-0.1, -0.05) is 0 Å². The van der Waals surface area contributed by atoms with Crippen LogP contribution in [-0.2, 0) is 19.8 Å². The van der Waals surface area contributed by atoms with E-state index in [1.165, 1.54) is 6.07 Å². The smallest absolute Gasteiger partial charge is 0.354 e. The zero-order valence-corrected chi connectivity index (χ0v) is 10.4. The number of aromatic nitrogens is 4. The second-order valence-corrected chi connectivity index (χ2v) is 4.15. The summed E-state index contributed by atoms with van der Waals surface area (Å²) in [6.07, 6.45) is -0.949. The Hall–Kier alpha value is -2.12. The van der Waals surface area contributed by atoms with Crippen LogP contribution in [0.4, 0.5) is 19.0 Å². The van der Waals surface area contributed by atoms with Gasteiger partial charge in [-0.15, -0.1) is 10.2 Å². The van der Waals surface area contributed by atoms with Crippen molar-refractivity contribution in [1.29, 1.82) is 0 Å². The molecular formula is C11H12F3N5. The maximum absolute atomic E-state index is 12.3. The van der Waals surface area contributed by atoms with Crippen molar-refractivity contribution in [1.82, 2.24) is 20.0 Å². The van der Waals surface area contributed by atoms with Crippen LogP contribution in [0.1, 0.15) is 11.3 Å². The highest BCUT2D eigenvalue weighted by molar-refractivity contribution is 5.37. The van der Waals surface area contributed by atoms with E-state index in [2.05, 4.69) is 15.3 Å². The third-order valence-corrected chi connectivity index (χ3v) is 2.51. The first-order valence-electron chi connectivity index (χ1n) is 5.46. The molecule has 0 amide bonds. The van der Waals surface area contributed by atoms with Gasteiger partial charge in [0.1, 0.15) is 0 Å². The molecule has 5 nitrogen and oxygen atoms in total. The molecule has 0 bridgehead atoms. The molecule has 0 atom stereocenters. The summed E-state index contributed by atoms with van der Waals surface area (Å²) in [5, 5.41) is 10.8. The normalized spacial score (nSPS) is 11.6. The average molecular weight is 271 g/mol. The number of aryl methyl sites for hydroxylation is 1. The second-order valence-electron chi connectivity index (χ2n) is 4.15. The summed E-state index contributed by atoms with van der Waals surface area (Å²) in [4.78, 5) is 1.70. The molecule has 0 aliphatic heterocycles.